The molecule has 4 heteroatoms. The fourth-order valence-corrected chi connectivity index (χ4v) is 1.66. The molecule has 0 spiro atoms. The van der Waals surface area contributed by atoms with Crippen LogP contribution in [0, 0.1) is 0 Å². The van der Waals surface area contributed by atoms with Gasteiger partial charge in [0.2, 0.25) is 0 Å². The summed E-state index contributed by atoms with van der Waals surface area (Å²) < 4.78 is 1.82. The third-order valence-electron chi connectivity index (χ3n) is 2.51. The molecule has 1 aromatic heterocycles. The third-order valence-corrected chi connectivity index (χ3v) is 2.51. The van der Waals surface area contributed by atoms with Gasteiger partial charge in [-0.1, -0.05) is 30.4 Å². The second-order valence-electron chi connectivity index (χ2n) is 3.90. The first-order chi connectivity index (χ1) is 8.79. The number of amides is 1. The van der Waals surface area contributed by atoms with Crippen LogP contribution in [-0.4, -0.2) is 15.7 Å². The molecule has 0 N–H and O–H groups in total. The Kier molecular flexibility index (Phi) is 4.02. The van der Waals surface area contributed by atoms with Crippen molar-refractivity contribution in [2.75, 3.05) is 0 Å². The maximum absolute atomic E-state index is 11.3. The smallest absolute Gasteiger partial charge is 0.267 e. The summed E-state index contributed by atoms with van der Waals surface area (Å²) in [5.74, 6) is -0.269. The first-order valence-corrected chi connectivity index (χ1v) is 5.89. The molecule has 1 aliphatic rings. The van der Waals surface area contributed by atoms with Crippen molar-refractivity contribution in [3.05, 3.63) is 60.3 Å². The highest BCUT2D eigenvalue weighted by molar-refractivity contribution is 5.88. The second kappa shape index (κ2) is 5.91. The summed E-state index contributed by atoms with van der Waals surface area (Å²) in [4.78, 5) is 15.2. The van der Waals surface area contributed by atoms with E-state index in [1.54, 1.807) is 25.3 Å². The fourth-order valence-electron chi connectivity index (χ4n) is 1.66. The van der Waals surface area contributed by atoms with Crippen LogP contribution in [0.25, 0.3) is 0 Å². The second-order valence-corrected chi connectivity index (χ2v) is 3.90. The number of hydrogen-bond acceptors (Lipinski definition) is 2. The maximum atomic E-state index is 11.3. The molecule has 0 saturated carbocycles. The van der Waals surface area contributed by atoms with Crippen LogP contribution in [0.2, 0.25) is 0 Å². The summed E-state index contributed by atoms with van der Waals surface area (Å²) in [6.45, 7) is 1.78. The van der Waals surface area contributed by atoms with E-state index in [1.807, 2.05) is 10.9 Å². The highest BCUT2D eigenvalue weighted by atomic mass is 16.1. The molecule has 0 atom stereocenters. The lowest BCUT2D eigenvalue weighted by Gasteiger charge is -2.13. The Morgan fingerprint density at radius 3 is 2.89 bits per heavy atom. The van der Waals surface area contributed by atoms with Crippen molar-refractivity contribution >= 4 is 5.91 Å². The number of nitrogens with zero attached hydrogens (tertiary/aromatic N) is 3. The van der Waals surface area contributed by atoms with E-state index >= 15 is 0 Å². The molecule has 0 aliphatic heterocycles. The average molecular weight is 241 g/mol. The van der Waals surface area contributed by atoms with E-state index in [9.17, 15) is 4.79 Å². The number of allylic oxidation sites excluding steroid dienone is 5. The van der Waals surface area contributed by atoms with E-state index in [-0.39, 0.29) is 11.9 Å². The predicted octanol–water partition coefficient (Wildman–Crippen LogP) is 1.94. The minimum Gasteiger partial charge on any atom is -0.267 e. The van der Waals surface area contributed by atoms with Crippen molar-refractivity contribution in [1.82, 2.24) is 9.78 Å². The van der Waals surface area contributed by atoms with E-state index in [2.05, 4.69) is 34.4 Å². The van der Waals surface area contributed by atoms with Gasteiger partial charge in [0.15, 0.2) is 0 Å². The first kappa shape index (κ1) is 12.2. The van der Waals surface area contributed by atoms with Gasteiger partial charge < -0.3 is 0 Å². The monoisotopic (exact) mass is 241 g/mol. The van der Waals surface area contributed by atoms with E-state index in [1.165, 1.54) is 6.08 Å². The van der Waals surface area contributed by atoms with Crippen LogP contribution < -0.4 is 5.36 Å². The molecule has 1 amide bonds. The zero-order valence-corrected chi connectivity index (χ0v) is 10.2. The van der Waals surface area contributed by atoms with E-state index < -0.39 is 0 Å². The van der Waals surface area contributed by atoms with Gasteiger partial charge in [-0.15, -0.1) is 0 Å². The van der Waals surface area contributed by atoms with Crippen LogP contribution in [0.1, 0.15) is 19.4 Å². The van der Waals surface area contributed by atoms with Crippen molar-refractivity contribution in [1.29, 1.82) is 0 Å². The quantitative estimate of drug-likeness (QED) is 0.587. The topological polar surface area (TPSA) is 47.2 Å². The normalized spacial score (nSPS) is 16.6. The highest BCUT2D eigenvalue weighted by Gasteiger charge is 2.03. The van der Waals surface area contributed by atoms with Gasteiger partial charge in [-0.25, -0.2) is 4.99 Å². The van der Waals surface area contributed by atoms with Gasteiger partial charge in [-0.2, -0.15) is 5.10 Å². The van der Waals surface area contributed by atoms with Gasteiger partial charge in [-0.05, 0) is 19.4 Å². The number of rotatable bonds is 2. The third kappa shape index (κ3) is 3.13. The largest absolute Gasteiger partial charge is 0.269 e. The molecule has 0 unspecified atom stereocenters. The summed E-state index contributed by atoms with van der Waals surface area (Å²) in [5, 5.41) is 4.83. The Hall–Kier alpha value is -2.23. The van der Waals surface area contributed by atoms with Crippen LogP contribution in [0.15, 0.2) is 59.9 Å². The highest BCUT2D eigenvalue weighted by Crippen LogP contribution is 2.12. The average Bonchev–Trinajstić information content (AvgIpc) is 2.41. The Morgan fingerprint density at radius 2 is 2.28 bits per heavy atom. The number of hydrogen-bond donors (Lipinski definition) is 0. The maximum Gasteiger partial charge on any atom is 0.269 e. The SMILES string of the molecule is CC=CC(=O)N=c1ccn(C2C=CCC=C2)nc1. The molecule has 0 saturated heterocycles. The number of carbonyl (C=O) groups excluding carboxylic acids is 1. The van der Waals surface area contributed by atoms with E-state index in [4.69, 9.17) is 0 Å². The van der Waals surface area contributed by atoms with Gasteiger partial charge in [-0.3, -0.25) is 9.48 Å². The Balaban J connectivity index is 2.19. The van der Waals surface area contributed by atoms with Gasteiger partial charge >= 0.3 is 0 Å². The molecule has 0 radical (unpaired) electrons. The van der Waals surface area contributed by atoms with Gasteiger partial charge in [0, 0.05) is 12.3 Å². The number of aromatic nitrogens is 2. The zero-order valence-electron chi connectivity index (χ0n) is 10.2. The van der Waals surface area contributed by atoms with Gasteiger partial charge in [0.25, 0.3) is 5.91 Å². The summed E-state index contributed by atoms with van der Waals surface area (Å²) in [6, 6.07) is 1.93. The molecule has 4 nitrogen and oxygen atoms in total. The van der Waals surface area contributed by atoms with Crippen molar-refractivity contribution in [3.8, 4) is 0 Å². The summed E-state index contributed by atoms with van der Waals surface area (Å²) in [5.41, 5.74) is 0. The van der Waals surface area contributed by atoms with Crippen LogP contribution >= 0.6 is 0 Å². The molecule has 2 rings (SSSR count). The fraction of sp³-hybridized carbons (Fsp3) is 0.214. The molecule has 1 aliphatic carbocycles. The molecule has 0 bridgehead atoms. The lowest BCUT2D eigenvalue weighted by atomic mass is 10.1. The van der Waals surface area contributed by atoms with E-state index in [0.717, 1.165) is 6.42 Å². The Morgan fingerprint density at radius 1 is 1.50 bits per heavy atom. The van der Waals surface area contributed by atoms with Crippen molar-refractivity contribution in [2.24, 2.45) is 4.99 Å². The van der Waals surface area contributed by atoms with Gasteiger partial charge in [0.05, 0.1) is 17.6 Å². The molecule has 92 valence electrons. The molecular formula is C14H15N3O. The van der Waals surface area contributed by atoms with Crippen LogP contribution in [-0.2, 0) is 4.79 Å². The van der Waals surface area contributed by atoms with Crippen molar-refractivity contribution in [3.63, 3.8) is 0 Å². The van der Waals surface area contributed by atoms with Crippen molar-refractivity contribution < 1.29 is 4.79 Å². The lowest BCUT2D eigenvalue weighted by Crippen LogP contribution is -2.14. The minimum atomic E-state index is -0.269. The zero-order chi connectivity index (χ0) is 12.8. The van der Waals surface area contributed by atoms with Crippen LogP contribution in [0.5, 0.6) is 0 Å². The van der Waals surface area contributed by atoms with Crippen LogP contribution in [0.3, 0.4) is 0 Å². The summed E-state index contributed by atoms with van der Waals surface area (Å²) in [6.07, 6.45) is 15.9. The lowest BCUT2D eigenvalue weighted by molar-refractivity contribution is -0.113. The minimum absolute atomic E-state index is 0.152. The molecular weight excluding hydrogens is 226 g/mol. The molecule has 1 aromatic rings. The Labute approximate surface area is 106 Å². The summed E-state index contributed by atoms with van der Waals surface area (Å²) in [7, 11) is 0. The number of carbonyl (C=O) groups is 1. The standard InChI is InChI=1S/C14H15N3O/c1-2-6-14(18)16-12-9-10-17(15-11-12)13-7-4-3-5-8-13/h2,4-11,13H,3H2,1H3. The predicted molar refractivity (Wildman–Crippen MR) is 69.5 cm³/mol. The van der Waals surface area contributed by atoms with Crippen molar-refractivity contribution in [2.45, 2.75) is 19.4 Å². The summed E-state index contributed by atoms with van der Waals surface area (Å²) >= 11 is 0. The van der Waals surface area contributed by atoms with E-state index in [0.29, 0.717) is 5.36 Å². The molecule has 1 heterocycles. The molecule has 18 heavy (non-hydrogen) atoms. The van der Waals surface area contributed by atoms with Crippen LogP contribution in [0.4, 0.5) is 0 Å². The van der Waals surface area contributed by atoms with Gasteiger partial charge in [0.1, 0.15) is 0 Å². The Bertz CT molecular complexity index is 546. The molecule has 0 fully saturated rings. The first-order valence-electron chi connectivity index (χ1n) is 5.89. The molecule has 0 aromatic carbocycles.